The van der Waals surface area contributed by atoms with Crippen LogP contribution in [0, 0.1) is 5.92 Å². The molecule has 0 unspecified atom stereocenters. The molecule has 0 heterocycles. The van der Waals surface area contributed by atoms with Gasteiger partial charge < -0.3 is 4.43 Å². The third-order valence-corrected chi connectivity index (χ3v) is 10.6. The van der Waals surface area contributed by atoms with Crippen LogP contribution in [0.5, 0.6) is 0 Å². The standard InChI is InChI=1S/C24H50OSi/c1-8-9-20-23(2)21-18-16-14-12-10-11-13-15-17-19-22-25-26(6,7)24(3,4)5/h16,18,23H,8-15,17,19-22H2,1-7H3/b18-16+/t23-/m0/s1. The topological polar surface area (TPSA) is 9.23 Å². The fourth-order valence-electron chi connectivity index (χ4n) is 2.91. The van der Waals surface area contributed by atoms with E-state index in [4.69, 9.17) is 4.43 Å². The summed E-state index contributed by atoms with van der Waals surface area (Å²) in [5.41, 5.74) is 0. The van der Waals surface area contributed by atoms with Crippen LogP contribution in [0.3, 0.4) is 0 Å². The van der Waals surface area contributed by atoms with Crippen molar-refractivity contribution < 1.29 is 4.43 Å². The van der Waals surface area contributed by atoms with Crippen LogP contribution < -0.4 is 0 Å². The molecule has 0 rings (SSSR count). The molecule has 0 amide bonds. The molecule has 0 fully saturated rings. The molecule has 0 spiro atoms. The first-order valence-electron chi connectivity index (χ1n) is 11.5. The van der Waals surface area contributed by atoms with Crippen LogP contribution >= 0.6 is 0 Å². The monoisotopic (exact) mass is 382 g/mol. The molecule has 0 aromatic carbocycles. The first kappa shape index (κ1) is 25.9. The lowest BCUT2D eigenvalue weighted by Crippen LogP contribution is -2.40. The Hall–Kier alpha value is -0.0831. The maximum absolute atomic E-state index is 6.25. The van der Waals surface area contributed by atoms with Gasteiger partial charge in [0.05, 0.1) is 0 Å². The molecule has 1 atom stereocenters. The second-order valence-electron chi connectivity index (χ2n) is 9.83. The van der Waals surface area contributed by atoms with Crippen molar-refractivity contribution in [1.29, 1.82) is 0 Å². The molecular weight excluding hydrogens is 332 g/mol. The van der Waals surface area contributed by atoms with E-state index in [-0.39, 0.29) is 0 Å². The lowest BCUT2D eigenvalue weighted by molar-refractivity contribution is 0.277. The van der Waals surface area contributed by atoms with Gasteiger partial charge in [0.25, 0.3) is 0 Å². The summed E-state index contributed by atoms with van der Waals surface area (Å²) in [5.74, 6) is 0.867. The van der Waals surface area contributed by atoms with Gasteiger partial charge >= 0.3 is 0 Å². The van der Waals surface area contributed by atoms with E-state index in [9.17, 15) is 0 Å². The predicted molar refractivity (Wildman–Crippen MR) is 123 cm³/mol. The SMILES string of the molecule is CCCC[C@H](C)C/C=C/CCCCCCCCCO[Si](C)(C)C(C)(C)C. The van der Waals surface area contributed by atoms with Gasteiger partial charge in [0.1, 0.15) is 0 Å². The van der Waals surface area contributed by atoms with Crippen LogP contribution in [0.15, 0.2) is 12.2 Å². The van der Waals surface area contributed by atoms with Crippen LogP contribution in [0.1, 0.15) is 112 Å². The zero-order chi connectivity index (χ0) is 19.9. The number of rotatable bonds is 16. The minimum Gasteiger partial charge on any atom is -0.417 e. The van der Waals surface area contributed by atoms with Crippen LogP contribution in [0.4, 0.5) is 0 Å². The zero-order valence-corrected chi connectivity index (χ0v) is 20.3. The lowest BCUT2D eigenvalue weighted by Gasteiger charge is -2.36. The Labute approximate surface area is 167 Å². The maximum atomic E-state index is 6.25. The Balaban J connectivity index is 3.39. The second-order valence-corrected chi connectivity index (χ2v) is 14.6. The normalized spacial score (nSPS) is 14.3. The van der Waals surface area contributed by atoms with Crippen molar-refractivity contribution in [1.82, 2.24) is 0 Å². The molecule has 0 aliphatic carbocycles. The van der Waals surface area contributed by atoms with Crippen LogP contribution in [0.25, 0.3) is 0 Å². The Kier molecular flexibility index (Phi) is 14.9. The molecule has 0 saturated carbocycles. The van der Waals surface area contributed by atoms with Gasteiger partial charge in [0.15, 0.2) is 8.32 Å². The summed E-state index contributed by atoms with van der Waals surface area (Å²) in [6, 6.07) is 0. The van der Waals surface area contributed by atoms with Gasteiger partial charge in [0.2, 0.25) is 0 Å². The molecule has 0 N–H and O–H groups in total. The first-order chi connectivity index (χ1) is 12.2. The van der Waals surface area contributed by atoms with Gasteiger partial charge in [-0.2, -0.15) is 0 Å². The molecule has 0 saturated heterocycles. The maximum Gasteiger partial charge on any atom is 0.191 e. The summed E-state index contributed by atoms with van der Waals surface area (Å²) in [4.78, 5) is 0. The fraction of sp³-hybridized carbons (Fsp3) is 0.917. The van der Waals surface area contributed by atoms with Crippen molar-refractivity contribution >= 4 is 8.32 Å². The van der Waals surface area contributed by atoms with E-state index < -0.39 is 8.32 Å². The summed E-state index contributed by atoms with van der Waals surface area (Å²) in [5, 5.41) is 0.342. The van der Waals surface area contributed by atoms with Crippen molar-refractivity contribution in [2.75, 3.05) is 6.61 Å². The van der Waals surface area contributed by atoms with E-state index in [1.54, 1.807) is 0 Å². The molecule has 26 heavy (non-hydrogen) atoms. The molecule has 0 aromatic rings. The highest BCUT2D eigenvalue weighted by Crippen LogP contribution is 2.36. The summed E-state index contributed by atoms with van der Waals surface area (Å²) >= 11 is 0. The van der Waals surface area contributed by atoms with E-state index in [0.29, 0.717) is 5.04 Å². The third kappa shape index (κ3) is 14.0. The number of allylic oxidation sites excluding steroid dienone is 2. The fourth-order valence-corrected chi connectivity index (χ4v) is 4.00. The van der Waals surface area contributed by atoms with E-state index in [1.807, 2.05) is 0 Å². The Morgan fingerprint density at radius 1 is 0.846 bits per heavy atom. The van der Waals surface area contributed by atoms with Gasteiger partial charge in [-0.05, 0) is 49.7 Å². The molecule has 0 aromatic heterocycles. The highest BCUT2D eigenvalue weighted by molar-refractivity contribution is 6.74. The van der Waals surface area contributed by atoms with Crippen LogP contribution in [-0.2, 0) is 4.43 Å². The highest BCUT2D eigenvalue weighted by Gasteiger charge is 2.36. The van der Waals surface area contributed by atoms with Crippen molar-refractivity contribution in [2.24, 2.45) is 5.92 Å². The molecule has 0 aliphatic rings. The second kappa shape index (κ2) is 14.9. The van der Waals surface area contributed by atoms with Crippen LogP contribution in [0.2, 0.25) is 18.1 Å². The molecular formula is C24H50OSi. The molecule has 2 heteroatoms. The lowest BCUT2D eigenvalue weighted by atomic mass is 10.0. The number of hydrogen-bond acceptors (Lipinski definition) is 1. The third-order valence-electron chi connectivity index (χ3n) is 6.04. The summed E-state index contributed by atoms with van der Waals surface area (Å²) < 4.78 is 6.25. The predicted octanol–water partition coefficient (Wildman–Crippen LogP) is 8.90. The van der Waals surface area contributed by atoms with E-state index in [1.165, 1.54) is 77.0 Å². The van der Waals surface area contributed by atoms with Crippen LogP contribution in [-0.4, -0.2) is 14.9 Å². The molecule has 0 bridgehead atoms. The van der Waals surface area contributed by atoms with Gasteiger partial charge in [-0.15, -0.1) is 0 Å². The zero-order valence-electron chi connectivity index (χ0n) is 19.3. The van der Waals surface area contributed by atoms with E-state index >= 15 is 0 Å². The van der Waals surface area contributed by atoms with Crippen molar-refractivity contribution in [3.05, 3.63) is 12.2 Å². The number of hydrogen-bond donors (Lipinski definition) is 0. The van der Waals surface area contributed by atoms with E-state index in [2.05, 4.69) is 59.9 Å². The Morgan fingerprint density at radius 3 is 2.00 bits per heavy atom. The minimum atomic E-state index is -1.52. The van der Waals surface area contributed by atoms with Gasteiger partial charge in [-0.1, -0.05) is 98.1 Å². The van der Waals surface area contributed by atoms with Gasteiger partial charge in [-0.3, -0.25) is 0 Å². The largest absolute Gasteiger partial charge is 0.417 e. The highest BCUT2D eigenvalue weighted by atomic mass is 28.4. The van der Waals surface area contributed by atoms with Crippen molar-refractivity contribution in [3.8, 4) is 0 Å². The van der Waals surface area contributed by atoms with Gasteiger partial charge in [0, 0.05) is 6.61 Å². The van der Waals surface area contributed by atoms with Crippen molar-refractivity contribution in [3.63, 3.8) is 0 Å². The molecule has 0 aliphatic heterocycles. The average Bonchev–Trinajstić information content (AvgIpc) is 2.56. The average molecular weight is 383 g/mol. The Bertz CT molecular complexity index is 341. The summed E-state index contributed by atoms with van der Waals surface area (Å²) in [6.07, 6.45) is 21.0. The Morgan fingerprint density at radius 2 is 1.42 bits per heavy atom. The molecule has 0 radical (unpaired) electrons. The van der Waals surface area contributed by atoms with Gasteiger partial charge in [-0.25, -0.2) is 0 Å². The quantitative estimate of drug-likeness (QED) is 0.147. The molecule has 156 valence electrons. The van der Waals surface area contributed by atoms with Crippen molar-refractivity contribution in [2.45, 2.75) is 130 Å². The summed E-state index contributed by atoms with van der Waals surface area (Å²) in [6.45, 7) is 17.3. The number of unbranched alkanes of at least 4 members (excludes halogenated alkanes) is 8. The smallest absolute Gasteiger partial charge is 0.191 e. The van der Waals surface area contributed by atoms with E-state index in [0.717, 1.165) is 12.5 Å². The molecule has 1 nitrogen and oxygen atoms in total. The minimum absolute atomic E-state index is 0.342. The summed E-state index contributed by atoms with van der Waals surface area (Å²) in [7, 11) is -1.52. The first-order valence-corrected chi connectivity index (χ1v) is 14.4.